The molecule has 5 nitrogen and oxygen atoms in total. The Morgan fingerprint density at radius 2 is 2.14 bits per heavy atom. The molecule has 0 aliphatic carbocycles. The van der Waals surface area contributed by atoms with Gasteiger partial charge in [-0.05, 0) is 32.4 Å². The molecule has 1 aromatic carbocycles. The Hall–Kier alpha value is -2.14. The van der Waals surface area contributed by atoms with Crippen LogP contribution in [-0.4, -0.2) is 23.0 Å². The number of ether oxygens (including phenoxy) is 1. The van der Waals surface area contributed by atoms with Gasteiger partial charge in [0.1, 0.15) is 16.5 Å². The summed E-state index contributed by atoms with van der Waals surface area (Å²) in [5.74, 6) is 0. The van der Waals surface area contributed by atoms with Crippen LogP contribution in [0.25, 0.3) is 21.9 Å². The lowest BCUT2D eigenvalue weighted by molar-refractivity contribution is 0.140. The molecule has 0 unspecified atom stereocenters. The van der Waals surface area contributed by atoms with Crippen molar-refractivity contribution in [1.82, 2.24) is 9.78 Å². The van der Waals surface area contributed by atoms with Crippen LogP contribution < -0.4 is 5.63 Å². The molecule has 0 atom stereocenters. The summed E-state index contributed by atoms with van der Waals surface area (Å²) in [6.45, 7) is 6.02. The van der Waals surface area contributed by atoms with Crippen molar-refractivity contribution in [3.8, 4) is 0 Å². The predicted molar refractivity (Wildman–Crippen MR) is 81.6 cm³/mol. The summed E-state index contributed by atoms with van der Waals surface area (Å²) >= 11 is 0. The molecule has 0 N–H and O–H groups in total. The average molecular weight is 286 g/mol. The van der Waals surface area contributed by atoms with Gasteiger partial charge < -0.3 is 9.15 Å². The highest BCUT2D eigenvalue weighted by Crippen LogP contribution is 2.23. The minimum atomic E-state index is -0.322. The minimum absolute atomic E-state index is 0.322. The summed E-state index contributed by atoms with van der Waals surface area (Å²) in [4.78, 5) is 12.2. The lowest BCUT2D eigenvalue weighted by Gasteiger charge is -2.03. The van der Waals surface area contributed by atoms with E-state index >= 15 is 0 Å². The summed E-state index contributed by atoms with van der Waals surface area (Å²) in [5, 5.41) is 6.05. The van der Waals surface area contributed by atoms with Crippen LogP contribution in [0.3, 0.4) is 0 Å². The molecule has 0 saturated carbocycles. The van der Waals surface area contributed by atoms with E-state index in [2.05, 4.69) is 5.10 Å². The van der Waals surface area contributed by atoms with E-state index < -0.39 is 0 Å². The summed E-state index contributed by atoms with van der Waals surface area (Å²) < 4.78 is 12.6. The lowest BCUT2D eigenvalue weighted by atomic mass is 10.2. The third-order valence-electron chi connectivity index (χ3n) is 3.62. The Kier molecular flexibility index (Phi) is 3.75. The Morgan fingerprint density at radius 1 is 1.33 bits per heavy atom. The zero-order chi connectivity index (χ0) is 14.8. The van der Waals surface area contributed by atoms with Gasteiger partial charge in [-0.25, -0.2) is 4.79 Å². The van der Waals surface area contributed by atoms with Crippen molar-refractivity contribution < 1.29 is 9.15 Å². The van der Waals surface area contributed by atoms with Gasteiger partial charge in [0.2, 0.25) is 0 Å². The highest BCUT2D eigenvalue weighted by Gasteiger charge is 2.15. The summed E-state index contributed by atoms with van der Waals surface area (Å²) in [5.41, 5.74) is 1.82. The SMILES string of the molecule is CCOCCCn1nc2c(c1C)c(=O)oc1ccccc12. The van der Waals surface area contributed by atoms with Gasteiger partial charge in [0.05, 0.1) is 5.69 Å². The van der Waals surface area contributed by atoms with Crippen LogP contribution in [0.1, 0.15) is 19.0 Å². The number of aromatic nitrogens is 2. The standard InChI is InChI=1S/C16H18N2O3/c1-3-20-10-6-9-18-11(2)14-15(17-18)12-7-4-5-8-13(12)21-16(14)19/h4-5,7-8H,3,6,9-10H2,1-2H3. The fourth-order valence-electron chi connectivity index (χ4n) is 2.56. The molecule has 0 spiro atoms. The molecule has 21 heavy (non-hydrogen) atoms. The van der Waals surface area contributed by atoms with Crippen molar-refractivity contribution in [1.29, 1.82) is 0 Å². The van der Waals surface area contributed by atoms with E-state index in [9.17, 15) is 4.79 Å². The first kappa shape index (κ1) is 13.8. The van der Waals surface area contributed by atoms with Crippen LogP contribution in [0.2, 0.25) is 0 Å². The van der Waals surface area contributed by atoms with Crippen LogP contribution in [-0.2, 0) is 11.3 Å². The fraction of sp³-hybridized carbons (Fsp3) is 0.375. The molecule has 0 aliphatic rings. The highest BCUT2D eigenvalue weighted by molar-refractivity contribution is 6.02. The number of aryl methyl sites for hydroxylation is 2. The van der Waals surface area contributed by atoms with Crippen molar-refractivity contribution in [2.75, 3.05) is 13.2 Å². The van der Waals surface area contributed by atoms with Crippen LogP contribution >= 0.6 is 0 Å². The second kappa shape index (κ2) is 5.69. The molecule has 0 amide bonds. The van der Waals surface area contributed by atoms with Gasteiger partial charge in [0, 0.05) is 25.1 Å². The van der Waals surface area contributed by atoms with E-state index in [1.165, 1.54) is 0 Å². The first-order valence-electron chi connectivity index (χ1n) is 7.19. The van der Waals surface area contributed by atoms with E-state index in [-0.39, 0.29) is 5.63 Å². The number of para-hydroxylation sites is 1. The zero-order valence-corrected chi connectivity index (χ0v) is 12.3. The number of hydrogen-bond donors (Lipinski definition) is 0. The molecule has 0 saturated heterocycles. The molecule has 0 radical (unpaired) electrons. The van der Waals surface area contributed by atoms with Crippen molar-refractivity contribution in [2.45, 2.75) is 26.8 Å². The van der Waals surface area contributed by atoms with E-state index in [1.807, 2.05) is 36.7 Å². The molecule has 5 heteroatoms. The smallest absolute Gasteiger partial charge is 0.347 e. The van der Waals surface area contributed by atoms with Crippen molar-refractivity contribution in [3.63, 3.8) is 0 Å². The Balaban J connectivity index is 2.08. The minimum Gasteiger partial charge on any atom is -0.422 e. The predicted octanol–water partition coefficient (Wildman–Crippen LogP) is 2.88. The summed E-state index contributed by atoms with van der Waals surface area (Å²) in [7, 11) is 0. The van der Waals surface area contributed by atoms with Gasteiger partial charge in [0.15, 0.2) is 0 Å². The van der Waals surface area contributed by atoms with E-state index in [0.29, 0.717) is 24.2 Å². The Bertz CT molecular complexity index is 833. The van der Waals surface area contributed by atoms with Gasteiger partial charge in [-0.15, -0.1) is 0 Å². The average Bonchev–Trinajstić information content (AvgIpc) is 2.82. The van der Waals surface area contributed by atoms with E-state index in [0.717, 1.165) is 29.6 Å². The van der Waals surface area contributed by atoms with Crippen molar-refractivity contribution >= 4 is 21.9 Å². The monoisotopic (exact) mass is 286 g/mol. The first-order chi connectivity index (χ1) is 10.2. The van der Waals surface area contributed by atoms with Crippen LogP contribution in [0, 0.1) is 6.92 Å². The molecular formula is C16H18N2O3. The van der Waals surface area contributed by atoms with Crippen molar-refractivity contribution in [3.05, 3.63) is 40.4 Å². The maximum absolute atomic E-state index is 12.2. The Morgan fingerprint density at radius 3 is 2.95 bits per heavy atom. The third-order valence-corrected chi connectivity index (χ3v) is 3.62. The number of hydrogen-bond acceptors (Lipinski definition) is 4. The fourth-order valence-corrected chi connectivity index (χ4v) is 2.56. The second-order valence-electron chi connectivity index (χ2n) is 4.97. The largest absolute Gasteiger partial charge is 0.422 e. The van der Waals surface area contributed by atoms with Gasteiger partial charge in [-0.3, -0.25) is 4.68 Å². The molecule has 3 aromatic rings. The number of fused-ring (bicyclic) bond motifs is 3. The van der Waals surface area contributed by atoms with E-state index in [4.69, 9.17) is 9.15 Å². The molecule has 0 bridgehead atoms. The van der Waals surface area contributed by atoms with Gasteiger partial charge in [0.25, 0.3) is 0 Å². The van der Waals surface area contributed by atoms with Gasteiger partial charge in [-0.2, -0.15) is 5.10 Å². The van der Waals surface area contributed by atoms with Crippen molar-refractivity contribution in [2.24, 2.45) is 0 Å². The summed E-state index contributed by atoms with van der Waals surface area (Å²) in [6.07, 6.45) is 0.867. The number of benzene rings is 1. The van der Waals surface area contributed by atoms with Crippen LogP contribution in [0.5, 0.6) is 0 Å². The zero-order valence-electron chi connectivity index (χ0n) is 12.3. The van der Waals surface area contributed by atoms with Crippen LogP contribution in [0.4, 0.5) is 0 Å². The molecule has 0 aliphatic heterocycles. The van der Waals surface area contributed by atoms with Crippen LogP contribution in [0.15, 0.2) is 33.5 Å². The van der Waals surface area contributed by atoms with Gasteiger partial charge >= 0.3 is 5.63 Å². The maximum Gasteiger partial charge on any atom is 0.347 e. The third kappa shape index (κ3) is 2.45. The number of nitrogens with zero attached hydrogens (tertiary/aromatic N) is 2. The molecule has 3 rings (SSSR count). The number of rotatable bonds is 5. The topological polar surface area (TPSA) is 57.3 Å². The summed E-state index contributed by atoms with van der Waals surface area (Å²) in [6, 6.07) is 7.49. The molecule has 2 aromatic heterocycles. The molecule has 110 valence electrons. The first-order valence-corrected chi connectivity index (χ1v) is 7.19. The molecule has 2 heterocycles. The molecular weight excluding hydrogens is 268 g/mol. The normalized spacial score (nSPS) is 11.5. The lowest BCUT2D eigenvalue weighted by Crippen LogP contribution is -2.06. The van der Waals surface area contributed by atoms with Gasteiger partial charge in [-0.1, -0.05) is 12.1 Å². The van der Waals surface area contributed by atoms with E-state index in [1.54, 1.807) is 6.07 Å². The maximum atomic E-state index is 12.2. The second-order valence-corrected chi connectivity index (χ2v) is 4.97. The molecule has 0 fully saturated rings. The quantitative estimate of drug-likeness (QED) is 0.534. The highest BCUT2D eigenvalue weighted by atomic mass is 16.5. The Labute approximate surface area is 122 Å².